The molecule has 2 aliphatic heterocycles. The fraction of sp³-hybridized carbons (Fsp3) is 0.667. The van der Waals surface area contributed by atoms with E-state index >= 15 is 0 Å². The van der Waals surface area contributed by atoms with Crippen molar-refractivity contribution < 1.29 is 9.53 Å². The highest BCUT2D eigenvalue weighted by atomic mass is 127. The lowest BCUT2D eigenvalue weighted by Gasteiger charge is -2.29. The molecule has 168 valence electrons. The van der Waals surface area contributed by atoms with Gasteiger partial charge in [-0.3, -0.25) is 4.79 Å². The Labute approximate surface area is 196 Å². The summed E-state index contributed by atoms with van der Waals surface area (Å²) in [6.07, 6.45) is 2.77. The lowest BCUT2D eigenvalue weighted by molar-refractivity contribution is -0.133. The molecule has 2 aliphatic rings. The van der Waals surface area contributed by atoms with Gasteiger partial charge in [0.1, 0.15) is 5.82 Å². The van der Waals surface area contributed by atoms with Crippen molar-refractivity contribution in [1.82, 2.24) is 20.5 Å². The Hall–Kier alpha value is -1.62. The topological polar surface area (TPSA) is 82.1 Å². The number of hydrogen-bond acceptors (Lipinski definition) is 5. The molecule has 1 atom stereocenters. The summed E-state index contributed by atoms with van der Waals surface area (Å²) in [5.74, 6) is 2.04. The van der Waals surface area contributed by atoms with Gasteiger partial charge in [-0.15, -0.1) is 24.0 Å². The lowest BCUT2D eigenvalue weighted by atomic mass is 10.2. The predicted molar refractivity (Wildman–Crippen MR) is 130 cm³/mol. The van der Waals surface area contributed by atoms with Crippen molar-refractivity contribution >= 4 is 41.7 Å². The van der Waals surface area contributed by atoms with Crippen LogP contribution in [-0.2, 0) is 16.1 Å². The molecule has 1 aromatic rings. The largest absolute Gasteiger partial charge is 0.378 e. The summed E-state index contributed by atoms with van der Waals surface area (Å²) in [5.41, 5.74) is 1.11. The Kier molecular flexibility index (Phi) is 10.1. The Morgan fingerprint density at radius 2 is 2.10 bits per heavy atom. The number of carbonyl (C=O) groups is 1. The van der Waals surface area contributed by atoms with Gasteiger partial charge >= 0.3 is 0 Å². The second-order valence-corrected chi connectivity index (χ2v) is 7.85. The van der Waals surface area contributed by atoms with E-state index in [2.05, 4.69) is 33.5 Å². The number of hydrogen-bond donors (Lipinski definition) is 2. The van der Waals surface area contributed by atoms with Crippen molar-refractivity contribution in [1.29, 1.82) is 0 Å². The first-order chi connectivity index (χ1) is 14.1. The molecule has 0 aliphatic carbocycles. The van der Waals surface area contributed by atoms with Crippen LogP contribution in [-0.4, -0.2) is 73.7 Å². The van der Waals surface area contributed by atoms with Crippen molar-refractivity contribution in [3.63, 3.8) is 0 Å². The Morgan fingerprint density at radius 3 is 2.80 bits per heavy atom. The van der Waals surface area contributed by atoms with Gasteiger partial charge in [-0.05, 0) is 19.4 Å². The Balaban J connectivity index is 0.00000320. The molecule has 2 fully saturated rings. The van der Waals surface area contributed by atoms with Crippen molar-refractivity contribution in [3.05, 3.63) is 23.9 Å². The molecule has 3 rings (SSSR count). The smallest absolute Gasteiger partial charge is 0.225 e. The van der Waals surface area contributed by atoms with Crippen LogP contribution in [0, 0.1) is 5.92 Å². The average Bonchev–Trinajstić information content (AvgIpc) is 3.21. The molecule has 3 heterocycles. The normalized spacial score (nSPS) is 19.6. The van der Waals surface area contributed by atoms with Crippen LogP contribution in [0.3, 0.4) is 0 Å². The summed E-state index contributed by atoms with van der Waals surface area (Å²) in [7, 11) is 0. The summed E-state index contributed by atoms with van der Waals surface area (Å²) < 4.78 is 5.46. The Bertz CT molecular complexity index is 708. The molecule has 8 nitrogen and oxygen atoms in total. The molecule has 0 saturated carbocycles. The molecule has 1 aromatic heterocycles. The fourth-order valence-electron chi connectivity index (χ4n) is 3.73. The highest BCUT2D eigenvalue weighted by Crippen LogP contribution is 2.19. The molecule has 0 bridgehead atoms. The first kappa shape index (κ1) is 24.6. The number of pyridine rings is 1. The number of ether oxygens (including phenoxy) is 1. The molecule has 9 heteroatoms. The van der Waals surface area contributed by atoms with Crippen molar-refractivity contribution in [2.24, 2.45) is 10.9 Å². The number of guanidine groups is 1. The minimum absolute atomic E-state index is 0. The van der Waals surface area contributed by atoms with E-state index in [-0.39, 0.29) is 41.8 Å². The van der Waals surface area contributed by atoms with Crippen LogP contribution in [0.5, 0.6) is 0 Å². The standard InChI is InChI=1S/C21H34N6O2.HI/c1-4-22-21(25-18-7-9-27(15-18)20(28)16(2)3)24-14-17-6-5-8-23-19(17)26-10-12-29-13-11-26;/h5-6,8,16,18H,4,7,9-15H2,1-3H3,(H2,22,24,25);1H. The molecular formula is C21H35IN6O2. The van der Waals surface area contributed by atoms with Gasteiger partial charge in [0.25, 0.3) is 0 Å². The van der Waals surface area contributed by atoms with Gasteiger partial charge in [0.2, 0.25) is 5.91 Å². The zero-order chi connectivity index (χ0) is 20.6. The molecule has 1 unspecified atom stereocenters. The highest BCUT2D eigenvalue weighted by Gasteiger charge is 2.28. The number of rotatable bonds is 6. The second-order valence-electron chi connectivity index (χ2n) is 7.85. The molecule has 2 saturated heterocycles. The second kappa shape index (κ2) is 12.3. The van der Waals surface area contributed by atoms with Crippen LogP contribution >= 0.6 is 24.0 Å². The van der Waals surface area contributed by atoms with E-state index in [9.17, 15) is 4.79 Å². The lowest BCUT2D eigenvalue weighted by Crippen LogP contribution is -2.45. The van der Waals surface area contributed by atoms with Gasteiger partial charge in [-0.2, -0.15) is 0 Å². The summed E-state index contributed by atoms with van der Waals surface area (Å²) in [6.45, 7) is 12.0. The van der Waals surface area contributed by atoms with Crippen molar-refractivity contribution in [3.8, 4) is 0 Å². The van der Waals surface area contributed by atoms with Gasteiger partial charge in [0, 0.05) is 56.4 Å². The number of nitrogens with one attached hydrogen (secondary N) is 2. The number of morpholine rings is 1. The van der Waals surface area contributed by atoms with Crippen LogP contribution in [0.25, 0.3) is 0 Å². The highest BCUT2D eigenvalue weighted by molar-refractivity contribution is 14.0. The van der Waals surface area contributed by atoms with Crippen LogP contribution in [0.1, 0.15) is 32.8 Å². The Morgan fingerprint density at radius 1 is 1.33 bits per heavy atom. The molecule has 2 N–H and O–H groups in total. The fourth-order valence-corrected chi connectivity index (χ4v) is 3.73. The van der Waals surface area contributed by atoms with E-state index in [0.717, 1.165) is 69.7 Å². The number of aliphatic imine (C=N–C) groups is 1. The number of aromatic nitrogens is 1. The van der Waals surface area contributed by atoms with Crippen molar-refractivity contribution in [2.75, 3.05) is 50.8 Å². The third-order valence-electron chi connectivity index (χ3n) is 5.26. The zero-order valence-corrected chi connectivity index (χ0v) is 20.6. The molecule has 1 amide bonds. The monoisotopic (exact) mass is 530 g/mol. The van der Waals surface area contributed by atoms with Gasteiger partial charge in [-0.1, -0.05) is 19.9 Å². The quantitative estimate of drug-likeness (QED) is 0.332. The van der Waals surface area contributed by atoms with Crippen LogP contribution in [0.4, 0.5) is 5.82 Å². The number of likely N-dealkylation sites (tertiary alicyclic amines) is 1. The molecule has 30 heavy (non-hydrogen) atoms. The third kappa shape index (κ3) is 6.69. The predicted octanol–water partition coefficient (Wildman–Crippen LogP) is 1.85. The minimum Gasteiger partial charge on any atom is -0.378 e. The first-order valence-corrected chi connectivity index (χ1v) is 10.7. The maximum atomic E-state index is 12.2. The minimum atomic E-state index is 0. The summed E-state index contributed by atoms with van der Waals surface area (Å²) in [6, 6.07) is 4.27. The average molecular weight is 530 g/mol. The molecular weight excluding hydrogens is 495 g/mol. The van der Waals surface area contributed by atoms with E-state index in [1.165, 1.54) is 0 Å². The molecule has 0 radical (unpaired) electrons. The maximum absolute atomic E-state index is 12.2. The van der Waals surface area contributed by atoms with E-state index in [1.54, 1.807) is 0 Å². The number of anilines is 1. The zero-order valence-electron chi connectivity index (χ0n) is 18.3. The van der Waals surface area contributed by atoms with E-state index in [4.69, 9.17) is 9.73 Å². The molecule has 0 spiro atoms. The number of nitrogens with zero attached hydrogens (tertiary/aromatic N) is 4. The van der Waals surface area contributed by atoms with E-state index in [1.807, 2.05) is 31.0 Å². The number of amides is 1. The van der Waals surface area contributed by atoms with E-state index in [0.29, 0.717) is 6.54 Å². The van der Waals surface area contributed by atoms with Crippen LogP contribution in [0.15, 0.2) is 23.3 Å². The number of halogens is 1. The van der Waals surface area contributed by atoms with Crippen LogP contribution in [0.2, 0.25) is 0 Å². The summed E-state index contributed by atoms with van der Waals surface area (Å²) in [4.78, 5) is 25.8. The van der Waals surface area contributed by atoms with E-state index < -0.39 is 0 Å². The summed E-state index contributed by atoms with van der Waals surface area (Å²) >= 11 is 0. The van der Waals surface area contributed by atoms with Crippen molar-refractivity contribution in [2.45, 2.75) is 39.8 Å². The summed E-state index contributed by atoms with van der Waals surface area (Å²) in [5, 5.41) is 6.83. The van der Waals surface area contributed by atoms with Crippen LogP contribution < -0.4 is 15.5 Å². The van der Waals surface area contributed by atoms with Gasteiger partial charge in [0.15, 0.2) is 5.96 Å². The van der Waals surface area contributed by atoms with Gasteiger partial charge in [-0.25, -0.2) is 9.98 Å². The number of carbonyl (C=O) groups excluding carboxylic acids is 1. The molecule has 0 aromatic carbocycles. The third-order valence-corrected chi connectivity index (χ3v) is 5.26. The SMILES string of the molecule is CCNC(=NCc1cccnc1N1CCOCC1)NC1CCN(C(=O)C(C)C)C1.I. The maximum Gasteiger partial charge on any atom is 0.225 e. The van der Waals surface area contributed by atoms with Gasteiger partial charge < -0.3 is 25.2 Å². The first-order valence-electron chi connectivity index (χ1n) is 10.7. The van der Waals surface area contributed by atoms with Gasteiger partial charge in [0.05, 0.1) is 19.8 Å².